The number of rotatable bonds is 2. The van der Waals surface area contributed by atoms with Crippen molar-refractivity contribution < 1.29 is 4.79 Å². The summed E-state index contributed by atoms with van der Waals surface area (Å²) in [5.74, 6) is 0.199. The van der Waals surface area contributed by atoms with Gasteiger partial charge in [-0.25, -0.2) is 4.98 Å². The summed E-state index contributed by atoms with van der Waals surface area (Å²) in [5.41, 5.74) is 1.37. The van der Waals surface area contributed by atoms with Gasteiger partial charge in [-0.15, -0.1) is 0 Å². The van der Waals surface area contributed by atoms with Crippen molar-refractivity contribution in [2.24, 2.45) is 0 Å². The number of nitrogens with zero attached hydrogens (tertiary/aromatic N) is 3. The van der Waals surface area contributed by atoms with Crippen LogP contribution in [0.1, 0.15) is 24.1 Å². The monoisotopic (exact) mass is 201 g/mol. The van der Waals surface area contributed by atoms with Gasteiger partial charge in [0.15, 0.2) is 0 Å². The van der Waals surface area contributed by atoms with Gasteiger partial charge >= 0.3 is 0 Å². The molecule has 1 aromatic rings. The van der Waals surface area contributed by atoms with Crippen LogP contribution in [0.25, 0.3) is 0 Å². The molecule has 1 aliphatic rings. The van der Waals surface area contributed by atoms with Crippen LogP contribution in [0, 0.1) is 11.3 Å². The summed E-state index contributed by atoms with van der Waals surface area (Å²) in [5, 5.41) is 8.68. The second-order valence-corrected chi connectivity index (χ2v) is 3.58. The van der Waals surface area contributed by atoms with Crippen LogP contribution in [-0.4, -0.2) is 22.3 Å². The van der Waals surface area contributed by atoms with Crippen molar-refractivity contribution in [3.8, 4) is 6.07 Å². The van der Waals surface area contributed by atoms with Gasteiger partial charge in [0.1, 0.15) is 11.8 Å². The molecule has 0 atom stereocenters. The van der Waals surface area contributed by atoms with Crippen molar-refractivity contribution >= 4 is 5.91 Å². The highest BCUT2D eigenvalue weighted by atomic mass is 16.2. The van der Waals surface area contributed by atoms with Gasteiger partial charge in [-0.3, -0.25) is 4.79 Å². The third-order valence-corrected chi connectivity index (χ3v) is 2.48. The maximum atomic E-state index is 11.4. The average Bonchev–Trinajstić information content (AvgIpc) is 2.65. The summed E-state index contributed by atoms with van der Waals surface area (Å²) >= 11 is 0. The maximum Gasteiger partial charge on any atom is 0.222 e. The predicted molar refractivity (Wildman–Crippen MR) is 53.6 cm³/mol. The highest BCUT2D eigenvalue weighted by Gasteiger charge is 2.19. The molecule has 76 valence electrons. The predicted octanol–water partition coefficient (Wildman–Crippen LogP) is 1.08. The normalized spacial score (nSPS) is 15.4. The van der Waals surface area contributed by atoms with Crippen molar-refractivity contribution in [3.63, 3.8) is 0 Å². The SMILES string of the molecule is N#Cc1cc(CN2CCCC2=O)ccn1. The van der Waals surface area contributed by atoms with Crippen LogP contribution in [0.5, 0.6) is 0 Å². The van der Waals surface area contributed by atoms with Crippen LogP contribution in [-0.2, 0) is 11.3 Å². The number of likely N-dealkylation sites (tertiary alicyclic amines) is 1. The Morgan fingerprint density at radius 2 is 2.47 bits per heavy atom. The molecule has 0 bridgehead atoms. The van der Waals surface area contributed by atoms with Gasteiger partial charge < -0.3 is 4.90 Å². The van der Waals surface area contributed by atoms with Crippen molar-refractivity contribution in [2.45, 2.75) is 19.4 Å². The van der Waals surface area contributed by atoms with Gasteiger partial charge in [-0.2, -0.15) is 5.26 Å². The number of hydrogen-bond donors (Lipinski definition) is 0. The Kier molecular flexibility index (Phi) is 2.64. The Morgan fingerprint density at radius 1 is 1.60 bits per heavy atom. The zero-order chi connectivity index (χ0) is 10.7. The van der Waals surface area contributed by atoms with E-state index < -0.39 is 0 Å². The first-order valence-electron chi connectivity index (χ1n) is 4.92. The topological polar surface area (TPSA) is 57.0 Å². The number of pyridine rings is 1. The van der Waals surface area contributed by atoms with E-state index in [1.165, 1.54) is 0 Å². The van der Waals surface area contributed by atoms with Gasteiger partial charge in [-0.05, 0) is 24.1 Å². The van der Waals surface area contributed by atoms with Crippen LogP contribution >= 0.6 is 0 Å². The van der Waals surface area contributed by atoms with Crippen LogP contribution < -0.4 is 0 Å². The van der Waals surface area contributed by atoms with E-state index in [0.29, 0.717) is 18.7 Å². The average molecular weight is 201 g/mol. The molecule has 0 radical (unpaired) electrons. The molecule has 2 heterocycles. The molecule has 1 amide bonds. The highest BCUT2D eigenvalue weighted by molar-refractivity contribution is 5.78. The number of aromatic nitrogens is 1. The molecule has 0 unspecified atom stereocenters. The molecular formula is C11H11N3O. The first-order valence-corrected chi connectivity index (χ1v) is 4.92. The smallest absolute Gasteiger partial charge is 0.222 e. The molecule has 0 spiro atoms. The Labute approximate surface area is 88.1 Å². The van der Waals surface area contributed by atoms with E-state index in [0.717, 1.165) is 18.5 Å². The fourth-order valence-corrected chi connectivity index (χ4v) is 1.73. The lowest BCUT2D eigenvalue weighted by atomic mass is 10.2. The van der Waals surface area contributed by atoms with E-state index in [9.17, 15) is 4.79 Å². The Hall–Kier alpha value is -1.89. The van der Waals surface area contributed by atoms with E-state index >= 15 is 0 Å². The summed E-state index contributed by atoms with van der Waals surface area (Å²) in [6.45, 7) is 1.42. The van der Waals surface area contributed by atoms with Crippen molar-refractivity contribution in [2.75, 3.05) is 6.54 Å². The molecule has 0 aliphatic carbocycles. The fraction of sp³-hybridized carbons (Fsp3) is 0.364. The first-order chi connectivity index (χ1) is 7.29. The van der Waals surface area contributed by atoms with Gasteiger partial charge in [0, 0.05) is 25.7 Å². The minimum Gasteiger partial charge on any atom is -0.338 e. The lowest BCUT2D eigenvalue weighted by Crippen LogP contribution is -2.23. The minimum absolute atomic E-state index is 0.199. The molecule has 0 aromatic carbocycles. The summed E-state index contributed by atoms with van der Waals surface area (Å²) in [7, 11) is 0. The van der Waals surface area contributed by atoms with Crippen LogP contribution in [0.15, 0.2) is 18.3 Å². The molecule has 4 heteroatoms. The Balaban J connectivity index is 2.10. The summed E-state index contributed by atoms with van der Waals surface area (Å²) in [4.78, 5) is 17.1. The van der Waals surface area contributed by atoms with E-state index in [4.69, 9.17) is 5.26 Å². The molecule has 1 aliphatic heterocycles. The molecular weight excluding hydrogens is 190 g/mol. The second-order valence-electron chi connectivity index (χ2n) is 3.58. The Bertz CT molecular complexity index is 422. The molecule has 15 heavy (non-hydrogen) atoms. The lowest BCUT2D eigenvalue weighted by Gasteiger charge is -2.15. The number of hydrogen-bond acceptors (Lipinski definition) is 3. The van der Waals surface area contributed by atoms with Gasteiger partial charge in [-0.1, -0.05) is 0 Å². The highest BCUT2D eigenvalue weighted by Crippen LogP contribution is 2.14. The summed E-state index contributed by atoms with van der Waals surface area (Å²) < 4.78 is 0. The van der Waals surface area contributed by atoms with Gasteiger partial charge in [0.25, 0.3) is 0 Å². The van der Waals surface area contributed by atoms with Crippen LogP contribution in [0.4, 0.5) is 0 Å². The summed E-state index contributed by atoms with van der Waals surface area (Å²) in [6, 6.07) is 5.56. The molecule has 0 N–H and O–H groups in total. The van der Waals surface area contributed by atoms with E-state index in [1.807, 2.05) is 17.0 Å². The van der Waals surface area contributed by atoms with E-state index in [2.05, 4.69) is 4.98 Å². The third-order valence-electron chi connectivity index (χ3n) is 2.48. The van der Waals surface area contributed by atoms with Gasteiger partial charge in [0.05, 0.1) is 0 Å². The largest absolute Gasteiger partial charge is 0.338 e. The third kappa shape index (κ3) is 2.13. The number of amides is 1. The van der Waals surface area contributed by atoms with E-state index in [1.54, 1.807) is 12.3 Å². The molecule has 1 fully saturated rings. The fourth-order valence-electron chi connectivity index (χ4n) is 1.73. The molecule has 0 saturated carbocycles. The van der Waals surface area contributed by atoms with Crippen molar-refractivity contribution in [1.82, 2.24) is 9.88 Å². The standard InChI is InChI=1S/C11H11N3O/c12-7-10-6-9(3-4-13-10)8-14-5-1-2-11(14)15/h3-4,6H,1-2,5,8H2. The van der Waals surface area contributed by atoms with Crippen LogP contribution in [0.2, 0.25) is 0 Å². The summed E-state index contributed by atoms with van der Waals surface area (Å²) in [6.07, 6.45) is 3.19. The Morgan fingerprint density at radius 3 is 3.13 bits per heavy atom. The molecule has 1 saturated heterocycles. The van der Waals surface area contributed by atoms with Gasteiger partial charge in [0.2, 0.25) is 5.91 Å². The molecule has 1 aromatic heterocycles. The molecule has 2 rings (SSSR count). The lowest BCUT2D eigenvalue weighted by molar-refractivity contribution is -0.128. The number of nitriles is 1. The van der Waals surface area contributed by atoms with Crippen LogP contribution in [0.3, 0.4) is 0 Å². The van der Waals surface area contributed by atoms with Crippen molar-refractivity contribution in [1.29, 1.82) is 5.26 Å². The first kappa shape index (κ1) is 9.66. The minimum atomic E-state index is 0.199. The zero-order valence-corrected chi connectivity index (χ0v) is 8.31. The quantitative estimate of drug-likeness (QED) is 0.719. The second kappa shape index (κ2) is 4.09. The maximum absolute atomic E-state index is 11.4. The van der Waals surface area contributed by atoms with E-state index in [-0.39, 0.29) is 5.91 Å². The number of carbonyl (C=O) groups excluding carboxylic acids is 1. The molecule has 4 nitrogen and oxygen atoms in total. The van der Waals surface area contributed by atoms with Crippen molar-refractivity contribution in [3.05, 3.63) is 29.6 Å². The number of carbonyl (C=O) groups is 1. The zero-order valence-electron chi connectivity index (χ0n) is 8.31.